The van der Waals surface area contributed by atoms with Crippen molar-refractivity contribution < 1.29 is 28.6 Å². The predicted octanol–water partition coefficient (Wildman–Crippen LogP) is 22.3. The molecule has 0 aromatic heterocycles. The van der Waals surface area contributed by atoms with Crippen LogP contribution in [-0.4, -0.2) is 37.2 Å². The molecule has 6 heteroatoms. The Bertz CT molecular complexity index is 1340. The summed E-state index contributed by atoms with van der Waals surface area (Å²) in [5.41, 5.74) is 0. The Kier molecular flexibility index (Phi) is 61.2. The van der Waals surface area contributed by atoms with Crippen molar-refractivity contribution in [2.24, 2.45) is 0 Å². The Morgan fingerprint density at radius 2 is 0.520 bits per heavy atom. The zero-order chi connectivity index (χ0) is 54.3. The van der Waals surface area contributed by atoms with E-state index in [1.807, 2.05) is 0 Å². The van der Waals surface area contributed by atoms with Crippen LogP contribution < -0.4 is 0 Å². The van der Waals surface area contributed by atoms with Crippen LogP contribution in [0.5, 0.6) is 0 Å². The maximum atomic E-state index is 12.9. The SMILES string of the molecule is CC/C=C\C/C=C\C/C=C\C/C=C\CCCCCCCCCCCCC(=O)OCC(COC(=O)CCCCCCC/C=C\CCCCCCC)OC(=O)CCCCCCCCCCCCCCCCCCCCCC. The van der Waals surface area contributed by atoms with E-state index < -0.39 is 6.10 Å². The number of hydrogen-bond acceptors (Lipinski definition) is 6. The molecule has 0 spiro atoms. The number of carbonyl (C=O) groups is 3. The summed E-state index contributed by atoms with van der Waals surface area (Å²) in [5.74, 6) is -0.867. The van der Waals surface area contributed by atoms with Crippen molar-refractivity contribution in [3.05, 3.63) is 60.8 Å². The van der Waals surface area contributed by atoms with E-state index in [0.717, 1.165) is 89.9 Å². The van der Waals surface area contributed by atoms with E-state index in [2.05, 4.69) is 81.5 Å². The van der Waals surface area contributed by atoms with Gasteiger partial charge in [0.1, 0.15) is 13.2 Å². The molecule has 0 bridgehead atoms. The highest BCUT2D eigenvalue weighted by Crippen LogP contribution is 2.17. The molecule has 0 saturated carbocycles. The summed E-state index contributed by atoms with van der Waals surface area (Å²) in [4.78, 5) is 38.3. The first-order valence-corrected chi connectivity index (χ1v) is 32.8. The van der Waals surface area contributed by atoms with Gasteiger partial charge in [0.15, 0.2) is 6.10 Å². The van der Waals surface area contributed by atoms with Crippen LogP contribution in [0.2, 0.25) is 0 Å². The van der Waals surface area contributed by atoms with Crippen molar-refractivity contribution in [2.45, 2.75) is 348 Å². The Balaban J connectivity index is 4.31. The van der Waals surface area contributed by atoms with Crippen LogP contribution in [0.25, 0.3) is 0 Å². The molecule has 0 aromatic carbocycles. The third kappa shape index (κ3) is 61.8. The standard InChI is InChI=1S/C69H124O6/c1-4-7-10-13-16-19-22-25-28-30-32-34-35-36-38-39-41-44-47-50-53-56-59-62-68(71)74-65-66(64-73-67(70)61-58-55-52-49-46-43-27-24-21-18-15-12-9-6-3)75-69(72)63-60-57-54-51-48-45-42-40-37-33-31-29-26-23-20-17-14-11-8-5-2/h7,10,16,19,24-25,27-28,32,34,66H,4-6,8-9,11-15,17-18,20-23,26,29-31,33,35-65H2,1-3H3/b10-7-,19-16-,27-24-,28-25-,34-32-. The van der Waals surface area contributed by atoms with E-state index in [1.54, 1.807) is 0 Å². The van der Waals surface area contributed by atoms with Gasteiger partial charge in [-0.05, 0) is 83.5 Å². The van der Waals surface area contributed by atoms with Crippen LogP contribution in [0.3, 0.4) is 0 Å². The lowest BCUT2D eigenvalue weighted by atomic mass is 10.0. The van der Waals surface area contributed by atoms with Gasteiger partial charge in [-0.25, -0.2) is 0 Å². The quantitative estimate of drug-likeness (QED) is 0.0261. The number of allylic oxidation sites excluding steroid dienone is 10. The van der Waals surface area contributed by atoms with Gasteiger partial charge in [0, 0.05) is 19.3 Å². The molecule has 75 heavy (non-hydrogen) atoms. The Hall–Kier alpha value is -2.89. The molecule has 0 aliphatic rings. The summed E-state index contributed by atoms with van der Waals surface area (Å²) in [6.45, 7) is 6.56. The van der Waals surface area contributed by atoms with Crippen molar-refractivity contribution >= 4 is 17.9 Å². The lowest BCUT2D eigenvalue weighted by Crippen LogP contribution is -2.30. The fourth-order valence-corrected chi connectivity index (χ4v) is 9.61. The van der Waals surface area contributed by atoms with E-state index >= 15 is 0 Å². The predicted molar refractivity (Wildman–Crippen MR) is 325 cm³/mol. The molecule has 0 N–H and O–H groups in total. The summed E-state index contributed by atoms with van der Waals surface area (Å²) in [7, 11) is 0. The molecule has 6 nitrogen and oxygen atoms in total. The van der Waals surface area contributed by atoms with Gasteiger partial charge in [-0.3, -0.25) is 14.4 Å². The van der Waals surface area contributed by atoms with Gasteiger partial charge in [0.05, 0.1) is 0 Å². The van der Waals surface area contributed by atoms with Gasteiger partial charge in [-0.2, -0.15) is 0 Å². The first kappa shape index (κ1) is 72.1. The van der Waals surface area contributed by atoms with Gasteiger partial charge in [0.25, 0.3) is 0 Å². The molecule has 0 aliphatic carbocycles. The third-order valence-electron chi connectivity index (χ3n) is 14.5. The number of ether oxygens (including phenoxy) is 3. The van der Waals surface area contributed by atoms with Gasteiger partial charge in [-0.15, -0.1) is 0 Å². The highest BCUT2D eigenvalue weighted by atomic mass is 16.6. The first-order chi connectivity index (χ1) is 37.0. The average Bonchev–Trinajstić information content (AvgIpc) is 3.41. The zero-order valence-corrected chi connectivity index (χ0v) is 50.1. The minimum absolute atomic E-state index is 0.0755. The monoisotopic (exact) mass is 1050 g/mol. The van der Waals surface area contributed by atoms with Gasteiger partial charge >= 0.3 is 17.9 Å². The molecule has 0 rings (SSSR count). The fraction of sp³-hybridized carbons (Fsp3) is 0.812. The van der Waals surface area contributed by atoms with E-state index in [4.69, 9.17) is 14.2 Å². The summed E-state index contributed by atoms with van der Waals surface area (Å²) < 4.78 is 17.0. The number of carbonyl (C=O) groups excluding carboxylic acids is 3. The lowest BCUT2D eigenvalue weighted by Gasteiger charge is -2.18. The maximum Gasteiger partial charge on any atom is 0.306 e. The summed E-state index contributed by atoms with van der Waals surface area (Å²) in [6.07, 6.45) is 80.8. The van der Waals surface area contributed by atoms with Crippen LogP contribution in [0.15, 0.2) is 60.8 Å². The van der Waals surface area contributed by atoms with Crippen molar-refractivity contribution in [1.29, 1.82) is 0 Å². The average molecular weight is 1050 g/mol. The smallest absolute Gasteiger partial charge is 0.306 e. The van der Waals surface area contributed by atoms with Crippen molar-refractivity contribution in [3.63, 3.8) is 0 Å². The summed E-state index contributed by atoms with van der Waals surface area (Å²) >= 11 is 0. The van der Waals surface area contributed by atoms with Crippen molar-refractivity contribution in [2.75, 3.05) is 13.2 Å². The minimum atomic E-state index is -0.778. The molecule has 1 atom stereocenters. The van der Waals surface area contributed by atoms with Crippen LogP contribution in [0, 0.1) is 0 Å². The van der Waals surface area contributed by atoms with Crippen LogP contribution in [0.4, 0.5) is 0 Å². The van der Waals surface area contributed by atoms with Crippen LogP contribution in [0.1, 0.15) is 342 Å². The number of rotatable bonds is 60. The van der Waals surface area contributed by atoms with E-state index in [-0.39, 0.29) is 31.1 Å². The molecule has 0 heterocycles. The molecule has 0 saturated heterocycles. The van der Waals surface area contributed by atoms with Crippen molar-refractivity contribution in [1.82, 2.24) is 0 Å². The highest BCUT2D eigenvalue weighted by molar-refractivity contribution is 5.71. The Morgan fingerprint density at radius 1 is 0.280 bits per heavy atom. The minimum Gasteiger partial charge on any atom is -0.462 e. The van der Waals surface area contributed by atoms with Gasteiger partial charge in [-0.1, -0.05) is 300 Å². The zero-order valence-electron chi connectivity index (χ0n) is 50.1. The molecule has 0 aliphatic heterocycles. The molecular formula is C69H124O6. The molecule has 0 amide bonds. The maximum absolute atomic E-state index is 12.9. The molecule has 0 radical (unpaired) electrons. The summed E-state index contributed by atoms with van der Waals surface area (Å²) in [5, 5.41) is 0. The molecule has 436 valence electrons. The lowest BCUT2D eigenvalue weighted by molar-refractivity contribution is -0.167. The van der Waals surface area contributed by atoms with E-state index in [1.165, 1.54) is 212 Å². The van der Waals surface area contributed by atoms with E-state index in [0.29, 0.717) is 19.3 Å². The van der Waals surface area contributed by atoms with Crippen LogP contribution >= 0.6 is 0 Å². The first-order valence-electron chi connectivity index (χ1n) is 32.8. The second kappa shape index (κ2) is 63.6. The Labute approximate surface area is 466 Å². The van der Waals surface area contributed by atoms with Crippen LogP contribution in [-0.2, 0) is 28.6 Å². The largest absolute Gasteiger partial charge is 0.462 e. The number of hydrogen-bond donors (Lipinski definition) is 0. The molecule has 0 fully saturated rings. The number of esters is 3. The second-order valence-corrected chi connectivity index (χ2v) is 22.0. The third-order valence-corrected chi connectivity index (χ3v) is 14.5. The second-order valence-electron chi connectivity index (χ2n) is 22.0. The topological polar surface area (TPSA) is 78.9 Å². The van der Waals surface area contributed by atoms with Gasteiger partial charge < -0.3 is 14.2 Å². The fourth-order valence-electron chi connectivity index (χ4n) is 9.61. The molecule has 1 unspecified atom stereocenters. The highest BCUT2D eigenvalue weighted by Gasteiger charge is 2.19. The van der Waals surface area contributed by atoms with E-state index in [9.17, 15) is 14.4 Å². The van der Waals surface area contributed by atoms with Gasteiger partial charge in [0.2, 0.25) is 0 Å². The number of unbranched alkanes of at least 4 members (excludes halogenated alkanes) is 39. The van der Waals surface area contributed by atoms with Crippen molar-refractivity contribution in [3.8, 4) is 0 Å². The molecular weight excluding hydrogens is 925 g/mol. The summed E-state index contributed by atoms with van der Waals surface area (Å²) in [6, 6.07) is 0. The normalized spacial score (nSPS) is 12.4. The molecule has 0 aromatic rings. The Morgan fingerprint density at radius 3 is 0.827 bits per heavy atom.